The molecule has 0 radical (unpaired) electrons. The Kier molecular flexibility index (Phi) is 4.57. The topological polar surface area (TPSA) is 66.6 Å². The van der Waals surface area contributed by atoms with E-state index in [0.29, 0.717) is 6.54 Å². The van der Waals surface area contributed by atoms with E-state index in [-0.39, 0.29) is 44.3 Å². The number of piperidine rings is 2. The van der Waals surface area contributed by atoms with Gasteiger partial charge in [0.05, 0.1) is 12.5 Å². The summed E-state index contributed by atoms with van der Waals surface area (Å²) in [4.78, 5) is 26.7. The van der Waals surface area contributed by atoms with E-state index >= 15 is 0 Å². The smallest absolute Gasteiger partial charge is 0.251 e. The van der Waals surface area contributed by atoms with Crippen LogP contribution in [0.5, 0.6) is 0 Å². The molecule has 2 rings (SSSR count). The summed E-state index contributed by atoms with van der Waals surface area (Å²) < 4.78 is 26.2. The molecule has 0 aliphatic carbocycles. The van der Waals surface area contributed by atoms with Crippen molar-refractivity contribution in [2.75, 3.05) is 32.7 Å². The maximum absolute atomic E-state index is 13.1. The second kappa shape index (κ2) is 6.03. The van der Waals surface area contributed by atoms with Gasteiger partial charge in [0.2, 0.25) is 11.8 Å². The van der Waals surface area contributed by atoms with Gasteiger partial charge in [-0.05, 0) is 19.4 Å². The Balaban J connectivity index is 1.87. The van der Waals surface area contributed by atoms with Gasteiger partial charge in [0.15, 0.2) is 0 Å². The number of carbonyl (C=O) groups is 2. The van der Waals surface area contributed by atoms with E-state index in [1.807, 2.05) is 4.90 Å². The summed E-state index contributed by atoms with van der Waals surface area (Å²) in [5, 5.41) is 0. The van der Waals surface area contributed by atoms with Crippen LogP contribution in [0.3, 0.4) is 0 Å². The zero-order valence-corrected chi connectivity index (χ0v) is 11.5. The second-order valence-corrected chi connectivity index (χ2v) is 5.72. The number of primary amides is 1. The van der Waals surface area contributed by atoms with Crippen LogP contribution < -0.4 is 5.73 Å². The summed E-state index contributed by atoms with van der Waals surface area (Å²) in [5.41, 5.74) is 5.16. The van der Waals surface area contributed by atoms with Crippen molar-refractivity contribution in [2.24, 2.45) is 11.7 Å². The molecule has 2 heterocycles. The van der Waals surface area contributed by atoms with Crippen molar-refractivity contribution in [2.45, 2.75) is 31.6 Å². The van der Waals surface area contributed by atoms with E-state index in [9.17, 15) is 18.4 Å². The van der Waals surface area contributed by atoms with E-state index in [1.54, 1.807) is 0 Å². The van der Waals surface area contributed by atoms with Crippen molar-refractivity contribution in [3.8, 4) is 0 Å². The molecule has 0 aromatic carbocycles. The van der Waals surface area contributed by atoms with E-state index in [4.69, 9.17) is 5.73 Å². The Morgan fingerprint density at radius 1 is 1.20 bits per heavy atom. The predicted molar refractivity (Wildman–Crippen MR) is 69.1 cm³/mol. The highest BCUT2D eigenvalue weighted by molar-refractivity contribution is 5.80. The van der Waals surface area contributed by atoms with Gasteiger partial charge in [0, 0.05) is 32.5 Å². The molecule has 5 nitrogen and oxygen atoms in total. The molecule has 2 saturated heterocycles. The number of hydrogen-bond donors (Lipinski definition) is 1. The average molecular weight is 289 g/mol. The van der Waals surface area contributed by atoms with Gasteiger partial charge < -0.3 is 10.6 Å². The van der Waals surface area contributed by atoms with E-state index in [2.05, 4.69) is 0 Å². The first kappa shape index (κ1) is 15.2. The normalized spacial score (nSPS) is 27.3. The Morgan fingerprint density at radius 2 is 1.85 bits per heavy atom. The van der Waals surface area contributed by atoms with E-state index in [0.717, 1.165) is 19.4 Å². The average Bonchev–Trinajstić information content (AvgIpc) is 2.37. The Bertz CT molecular complexity index is 380. The molecule has 20 heavy (non-hydrogen) atoms. The lowest BCUT2D eigenvalue weighted by Crippen LogP contribution is -2.50. The van der Waals surface area contributed by atoms with Crippen molar-refractivity contribution in [1.82, 2.24) is 9.80 Å². The number of alkyl halides is 2. The number of amides is 2. The first-order valence-corrected chi connectivity index (χ1v) is 7.05. The molecule has 0 aromatic heterocycles. The van der Waals surface area contributed by atoms with Gasteiger partial charge in [0.1, 0.15) is 0 Å². The molecule has 2 aliphatic heterocycles. The number of likely N-dealkylation sites (tertiary alicyclic amines) is 2. The predicted octanol–water partition coefficient (Wildman–Crippen LogP) is 0.441. The quantitative estimate of drug-likeness (QED) is 0.820. The molecule has 1 unspecified atom stereocenters. The van der Waals surface area contributed by atoms with Crippen LogP contribution in [0, 0.1) is 5.92 Å². The van der Waals surface area contributed by atoms with Gasteiger partial charge in [-0.1, -0.05) is 0 Å². The third-order valence-corrected chi connectivity index (χ3v) is 4.04. The lowest BCUT2D eigenvalue weighted by Gasteiger charge is -2.37. The molecule has 2 aliphatic rings. The fraction of sp³-hybridized carbons (Fsp3) is 0.846. The number of hydrogen-bond acceptors (Lipinski definition) is 3. The van der Waals surface area contributed by atoms with Gasteiger partial charge in [0.25, 0.3) is 5.92 Å². The molecule has 0 bridgehead atoms. The summed E-state index contributed by atoms with van der Waals surface area (Å²) in [6.45, 7) is 1.65. The van der Waals surface area contributed by atoms with Crippen molar-refractivity contribution in [3.05, 3.63) is 0 Å². The third-order valence-electron chi connectivity index (χ3n) is 4.04. The molecular formula is C13H21F2N3O2. The largest absolute Gasteiger partial charge is 0.369 e. The van der Waals surface area contributed by atoms with E-state index < -0.39 is 11.8 Å². The highest BCUT2D eigenvalue weighted by atomic mass is 19.3. The van der Waals surface area contributed by atoms with Crippen LogP contribution in [0.1, 0.15) is 25.7 Å². The summed E-state index contributed by atoms with van der Waals surface area (Å²) in [7, 11) is 0. The molecule has 7 heteroatoms. The van der Waals surface area contributed by atoms with Crippen LogP contribution in [0.25, 0.3) is 0 Å². The van der Waals surface area contributed by atoms with Gasteiger partial charge in [-0.15, -0.1) is 0 Å². The van der Waals surface area contributed by atoms with Crippen LogP contribution in [-0.2, 0) is 9.59 Å². The Hall–Kier alpha value is -1.24. The lowest BCUT2D eigenvalue weighted by molar-refractivity contribution is -0.143. The van der Waals surface area contributed by atoms with Crippen molar-refractivity contribution >= 4 is 11.8 Å². The minimum absolute atomic E-state index is 0.0605. The lowest BCUT2D eigenvalue weighted by atomic mass is 9.95. The van der Waals surface area contributed by atoms with Crippen molar-refractivity contribution in [1.29, 1.82) is 0 Å². The summed E-state index contributed by atoms with van der Waals surface area (Å²) >= 11 is 0. The molecule has 2 amide bonds. The van der Waals surface area contributed by atoms with E-state index in [1.165, 1.54) is 4.90 Å². The van der Waals surface area contributed by atoms with Crippen molar-refractivity contribution < 1.29 is 18.4 Å². The highest BCUT2D eigenvalue weighted by Crippen LogP contribution is 2.29. The zero-order chi connectivity index (χ0) is 14.8. The van der Waals surface area contributed by atoms with Crippen LogP contribution in [0.2, 0.25) is 0 Å². The molecule has 0 saturated carbocycles. The zero-order valence-electron chi connectivity index (χ0n) is 11.5. The molecular weight excluding hydrogens is 268 g/mol. The Labute approximate surface area is 117 Å². The number of carbonyl (C=O) groups excluding carboxylic acids is 2. The number of rotatable bonds is 3. The highest BCUT2D eigenvalue weighted by Gasteiger charge is 2.38. The summed E-state index contributed by atoms with van der Waals surface area (Å²) in [6.07, 6.45) is 1.07. The standard InChI is InChI=1S/C13H21F2N3O2/c14-13(15)3-6-18(7-4-13)12(20)10-2-1-5-17(8-10)9-11(16)19/h10H,1-9H2,(H2,16,19). The number of nitrogens with two attached hydrogens (primary N) is 1. The molecule has 114 valence electrons. The molecule has 0 aromatic rings. The molecule has 1 atom stereocenters. The molecule has 2 N–H and O–H groups in total. The van der Waals surface area contributed by atoms with Crippen LogP contribution >= 0.6 is 0 Å². The van der Waals surface area contributed by atoms with Gasteiger partial charge in [-0.25, -0.2) is 8.78 Å². The van der Waals surface area contributed by atoms with Gasteiger partial charge >= 0.3 is 0 Å². The molecule has 0 spiro atoms. The molecule has 2 fully saturated rings. The maximum atomic E-state index is 13.1. The monoisotopic (exact) mass is 289 g/mol. The van der Waals surface area contributed by atoms with Crippen LogP contribution in [0.15, 0.2) is 0 Å². The fourth-order valence-corrected chi connectivity index (χ4v) is 2.93. The van der Waals surface area contributed by atoms with Crippen LogP contribution in [0.4, 0.5) is 8.78 Å². The van der Waals surface area contributed by atoms with Gasteiger partial charge in [-0.3, -0.25) is 14.5 Å². The number of halogens is 2. The maximum Gasteiger partial charge on any atom is 0.251 e. The van der Waals surface area contributed by atoms with Crippen molar-refractivity contribution in [3.63, 3.8) is 0 Å². The fourth-order valence-electron chi connectivity index (χ4n) is 2.93. The number of nitrogens with zero attached hydrogens (tertiary/aromatic N) is 2. The first-order chi connectivity index (χ1) is 9.37. The van der Waals surface area contributed by atoms with Gasteiger partial charge in [-0.2, -0.15) is 0 Å². The second-order valence-electron chi connectivity index (χ2n) is 5.72. The first-order valence-electron chi connectivity index (χ1n) is 7.05. The minimum Gasteiger partial charge on any atom is -0.369 e. The summed E-state index contributed by atoms with van der Waals surface area (Å²) in [5.74, 6) is -3.30. The van der Waals surface area contributed by atoms with Crippen LogP contribution in [-0.4, -0.2) is 60.3 Å². The summed E-state index contributed by atoms with van der Waals surface area (Å²) in [6, 6.07) is 0. The Morgan fingerprint density at radius 3 is 2.45 bits per heavy atom. The third kappa shape index (κ3) is 3.88. The minimum atomic E-state index is -2.64. The SMILES string of the molecule is NC(=O)CN1CCCC(C(=O)N2CCC(F)(F)CC2)C1.